The van der Waals surface area contributed by atoms with E-state index in [1.165, 1.54) is 55.9 Å². The summed E-state index contributed by atoms with van der Waals surface area (Å²) in [5.74, 6) is 3.10. The Labute approximate surface area is 268 Å². The van der Waals surface area contributed by atoms with E-state index < -0.39 is 0 Å². The maximum absolute atomic E-state index is 12.6. The van der Waals surface area contributed by atoms with Gasteiger partial charge >= 0.3 is 5.97 Å². The first-order valence-corrected chi connectivity index (χ1v) is 16.2. The molecule has 5 unspecified atom stereocenters. The normalized spacial score (nSPS) is 24.5. The third-order valence-corrected chi connectivity index (χ3v) is 10.7. The molecule has 3 aliphatic carbocycles. The number of benzene rings is 3. The van der Waals surface area contributed by atoms with Crippen LogP contribution in [0.4, 0.5) is 0 Å². The molecule has 2 saturated carbocycles. The number of phenols is 2. The standard InChI is InChI=1S/C21H28O3.C17H14O5/c1-3-20(23)24-19-9-8-18-17-6-4-13-12-14(22)5-7-15(13)16(17)10-11-21(18,19)2;1-20-11-5-3-10(4-6-11)13-9-22-16-12(15(13)19)7-8-14(18)17(16)21-2/h5,7,12,16-19,22H,3-4,6,8-11H2,1-2H3;3-9,18H,1-2H3. The fraction of sp³-hybridized carbons (Fsp3) is 0.421. The Bertz CT molecular complexity index is 1790. The van der Waals surface area contributed by atoms with Crippen LogP contribution in [-0.2, 0) is 16.0 Å². The summed E-state index contributed by atoms with van der Waals surface area (Å²) < 4.78 is 21.5. The number of fused-ring (bicyclic) bond motifs is 6. The van der Waals surface area contributed by atoms with Crippen molar-refractivity contribution < 1.29 is 33.6 Å². The van der Waals surface area contributed by atoms with Crippen LogP contribution in [0.1, 0.15) is 69.4 Å². The average molecular weight is 627 g/mol. The predicted octanol–water partition coefficient (Wildman–Crippen LogP) is 7.75. The van der Waals surface area contributed by atoms with Gasteiger partial charge in [0.1, 0.15) is 23.9 Å². The highest BCUT2D eigenvalue weighted by Gasteiger charge is 2.56. The van der Waals surface area contributed by atoms with Crippen LogP contribution in [0.2, 0.25) is 0 Å². The minimum Gasteiger partial charge on any atom is -0.508 e. The lowest BCUT2D eigenvalue weighted by molar-refractivity contribution is -0.157. The van der Waals surface area contributed by atoms with Crippen molar-refractivity contribution >= 4 is 16.9 Å². The van der Waals surface area contributed by atoms with Crippen molar-refractivity contribution in [2.45, 2.75) is 70.8 Å². The van der Waals surface area contributed by atoms with Crippen molar-refractivity contribution in [2.75, 3.05) is 14.2 Å². The number of carbonyl (C=O) groups excluding carboxylic acids is 1. The zero-order valence-corrected chi connectivity index (χ0v) is 26.9. The number of methoxy groups -OCH3 is 2. The number of aryl methyl sites for hydroxylation is 1. The smallest absolute Gasteiger partial charge is 0.305 e. The van der Waals surface area contributed by atoms with E-state index in [-0.39, 0.29) is 40.0 Å². The average Bonchev–Trinajstić information content (AvgIpc) is 3.40. The summed E-state index contributed by atoms with van der Waals surface area (Å²) in [6, 6.07) is 16.0. The van der Waals surface area contributed by atoms with Crippen molar-refractivity contribution in [1.29, 1.82) is 0 Å². The molecule has 0 aliphatic heterocycles. The van der Waals surface area contributed by atoms with E-state index in [9.17, 15) is 19.8 Å². The number of carbonyl (C=O) groups is 1. The molecule has 0 saturated heterocycles. The summed E-state index contributed by atoms with van der Waals surface area (Å²) >= 11 is 0. The maximum atomic E-state index is 12.6. The van der Waals surface area contributed by atoms with E-state index in [1.54, 1.807) is 31.4 Å². The molecule has 4 aromatic rings. The quantitative estimate of drug-likeness (QED) is 0.216. The molecule has 0 bridgehead atoms. The van der Waals surface area contributed by atoms with E-state index in [1.807, 2.05) is 19.1 Å². The van der Waals surface area contributed by atoms with E-state index in [4.69, 9.17) is 18.6 Å². The van der Waals surface area contributed by atoms with E-state index in [0.717, 1.165) is 24.8 Å². The van der Waals surface area contributed by atoms with Gasteiger partial charge < -0.3 is 28.8 Å². The van der Waals surface area contributed by atoms with E-state index in [0.29, 0.717) is 46.6 Å². The minimum absolute atomic E-state index is 0.0477. The van der Waals surface area contributed by atoms with E-state index >= 15 is 0 Å². The molecule has 3 aromatic carbocycles. The Balaban J connectivity index is 0.000000162. The summed E-state index contributed by atoms with van der Waals surface area (Å²) in [5.41, 5.74) is 4.15. The fourth-order valence-corrected chi connectivity index (χ4v) is 8.29. The second-order valence-corrected chi connectivity index (χ2v) is 13.0. The Morgan fingerprint density at radius 2 is 1.76 bits per heavy atom. The van der Waals surface area contributed by atoms with Crippen LogP contribution in [0.15, 0.2) is 70.1 Å². The van der Waals surface area contributed by atoms with Gasteiger partial charge in [-0.3, -0.25) is 9.59 Å². The zero-order valence-electron chi connectivity index (χ0n) is 26.9. The number of hydrogen-bond acceptors (Lipinski definition) is 8. The fourth-order valence-electron chi connectivity index (χ4n) is 8.29. The molecule has 0 radical (unpaired) electrons. The first kappa shape index (κ1) is 31.5. The van der Waals surface area contributed by atoms with Crippen LogP contribution in [0.3, 0.4) is 0 Å². The second kappa shape index (κ2) is 12.7. The molecule has 46 heavy (non-hydrogen) atoms. The molecule has 7 rings (SSSR count). The van der Waals surface area contributed by atoms with Gasteiger partial charge in [-0.1, -0.05) is 32.0 Å². The summed E-state index contributed by atoms with van der Waals surface area (Å²) in [5, 5.41) is 19.9. The summed E-state index contributed by atoms with van der Waals surface area (Å²) in [6.45, 7) is 4.24. The molecule has 8 nitrogen and oxygen atoms in total. The van der Waals surface area contributed by atoms with Gasteiger partial charge in [0.15, 0.2) is 11.3 Å². The topological polar surface area (TPSA) is 115 Å². The zero-order chi connectivity index (χ0) is 32.6. The monoisotopic (exact) mass is 626 g/mol. The van der Waals surface area contributed by atoms with Gasteiger partial charge in [-0.15, -0.1) is 0 Å². The van der Waals surface area contributed by atoms with Gasteiger partial charge in [-0.2, -0.15) is 0 Å². The van der Waals surface area contributed by atoms with Crippen molar-refractivity contribution in [3.63, 3.8) is 0 Å². The Kier molecular flexibility index (Phi) is 8.73. The number of rotatable bonds is 5. The number of phenolic OH excluding ortho intramolecular Hbond substituents is 2. The molecule has 1 aromatic heterocycles. The number of ether oxygens (including phenoxy) is 3. The Morgan fingerprint density at radius 1 is 0.978 bits per heavy atom. The lowest BCUT2D eigenvalue weighted by atomic mass is 9.55. The highest BCUT2D eigenvalue weighted by atomic mass is 16.5. The molecule has 242 valence electrons. The SMILES string of the molecule is CCC(=O)OC1CCC2C3CCc4cc(O)ccc4C3CCC12C.COc1ccc(-c2coc3c(OC)c(O)ccc3c2=O)cc1. The molecule has 5 atom stereocenters. The highest BCUT2D eigenvalue weighted by molar-refractivity contribution is 5.88. The maximum Gasteiger partial charge on any atom is 0.305 e. The molecule has 2 fully saturated rings. The van der Waals surface area contributed by atoms with Crippen LogP contribution in [0, 0.1) is 17.3 Å². The van der Waals surface area contributed by atoms with Crippen LogP contribution in [-0.4, -0.2) is 36.5 Å². The summed E-state index contributed by atoms with van der Waals surface area (Å²) in [7, 11) is 2.99. The Hall–Kier alpha value is -4.46. The minimum atomic E-state index is -0.190. The van der Waals surface area contributed by atoms with Crippen molar-refractivity contribution in [1.82, 2.24) is 0 Å². The highest BCUT2D eigenvalue weighted by Crippen LogP contribution is 2.61. The van der Waals surface area contributed by atoms with Crippen LogP contribution in [0.5, 0.6) is 23.0 Å². The van der Waals surface area contributed by atoms with Crippen molar-refractivity contribution in [3.05, 3.63) is 82.2 Å². The lowest BCUT2D eigenvalue weighted by Gasteiger charge is -2.50. The van der Waals surface area contributed by atoms with Gasteiger partial charge in [0.25, 0.3) is 0 Å². The number of aromatic hydroxyl groups is 2. The largest absolute Gasteiger partial charge is 0.508 e. The van der Waals surface area contributed by atoms with Crippen molar-refractivity contribution in [2.24, 2.45) is 17.3 Å². The van der Waals surface area contributed by atoms with Gasteiger partial charge in [0, 0.05) is 11.8 Å². The first-order valence-electron chi connectivity index (χ1n) is 16.2. The molecule has 1 heterocycles. The summed E-state index contributed by atoms with van der Waals surface area (Å²) in [6.07, 6.45) is 8.75. The Morgan fingerprint density at radius 3 is 2.48 bits per heavy atom. The molecule has 3 aliphatic rings. The van der Waals surface area contributed by atoms with Gasteiger partial charge in [-0.05, 0) is 109 Å². The number of hydrogen-bond donors (Lipinski definition) is 2. The third-order valence-electron chi connectivity index (χ3n) is 10.7. The second-order valence-electron chi connectivity index (χ2n) is 13.0. The molecular weight excluding hydrogens is 584 g/mol. The van der Waals surface area contributed by atoms with Crippen LogP contribution < -0.4 is 14.9 Å². The molecule has 0 amide bonds. The molecule has 0 spiro atoms. The number of esters is 1. The molecule has 8 heteroatoms. The first-order chi connectivity index (χ1) is 22.2. The van der Waals surface area contributed by atoms with Gasteiger partial charge in [0.2, 0.25) is 11.2 Å². The van der Waals surface area contributed by atoms with Gasteiger partial charge in [0.05, 0.1) is 25.2 Å². The van der Waals surface area contributed by atoms with Crippen LogP contribution >= 0.6 is 0 Å². The van der Waals surface area contributed by atoms with Crippen molar-refractivity contribution in [3.8, 4) is 34.1 Å². The lowest BCUT2D eigenvalue weighted by Crippen LogP contribution is -2.45. The third kappa shape index (κ3) is 5.59. The van der Waals surface area contributed by atoms with Crippen LogP contribution in [0.25, 0.3) is 22.1 Å². The predicted molar refractivity (Wildman–Crippen MR) is 176 cm³/mol. The van der Waals surface area contributed by atoms with E-state index in [2.05, 4.69) is 13.0 Å². The summed E-state index contributed by atoms with van der Waals surface area (Å²) in [4.78, 5) is 24.5. The molecule has 2 N–H and O–H groups in total. The van der Waals surface area contributed by atoms with Gasteiger partial charge in [-0.25, -0.2) is 0 Å². The molecular formula is C38H42O8.